The fraction of sp³-hybridized carbons (Fsp3) is 0.273. The second kappa shape index (κ2) is 9.41. The molecule has 2 aromatic carbocycles. The minimum absolute atomic E-state index is 0.306. The smallest absolute Gasteiger partial charge is 0.279 e. The maximum absolute atomic E-state index is 12.9. The zero-order valence-electron chi connectivity index (χ0n) is 16.9. The molecule has 0 aliphatic carbocycles. The van der Waals surface area contributed by atoms with Gasteiger partial charge in [0.05, 0.1) is 19.9 Å². The van der Waals surface area contributed by atoms with E-state index in [1.165, 1.54) is 4.88 Å². The second-order valence-corrected chi connectivity index (χ2v) is 8.23. The van der Waals surface area contributed by atoms with Gasteiger partial charge in [0.2, 0.25) is 0 Å². The number of rotatable bonds is 6. The normalized spacial score (nSPS) is 11.6. The Morgan fingerprint density at radius 2 is 1.76 bits per heavy atom. The molecule has 152 valence electrons. The highest BCUT2D eigenvalue weighted by molar-refractivity contribution is 9.10. The summed E-state index contributed by atoms with van der Waals surface area (Å²) in [5.41, 5.74) is 2.69. The standard InChI is InChI=1S/C22H23BrN2O3S/c1-5-19-20(14-7-10-16(23)11-8-14)25(6-2)22(29-19)24-21(26)15-9-12-17(27-3)18(13-15)28-4/h7-13H,5-6H2,1-4H3. The Hall–Kier alpha value is -2.38. The van der Waals surface area contributed by atoms with Crippen LogP contribution in [0.2, 0.25) is 0 Å². The van der Waals surface area contributed by atoms with Crippen LogP contribution in [0.5, 0.6) is 11.5 Å². The van der Waals surface area contributed by atoms with E-state index < -0.39 is 0 Å². The minimum atomic E-state index is -0.306. The van der Waals surface area contributed by atoms with Crippen LogP contribution in [0.1, 0.15) is 29.1 Å². The first-order valence-electron chi connectivity index (χ1n) is 9.31. The third-order valence-electron chi connectivity index (χ3n) is 4.56. The van der Waals surface area contributed by atoms with Gasteiger partial charge in [0.15, 0.2) is 16.3 Å². The van der Waals surface area contributed by atoms with Crippen molar-refractivity contribution < 1.29 is 14.3 Å². The predicted molar refractivity (Wildman–Crippen MR) is 120 cm³/mol. The minimum Gasteiger partial charge on any atom is -0.493 e. The molecule has 0 radical (unpaired) electrons. The summed E-state index contributed by atoms with van der Waals surface area (Å²) in [7, 11) is 3.11. The van der Waals surface area contributed by atoms with Crippen molar-refractivity contribution in [3.63, 3.8) is 0 Å². The monoisotopic (exact) mass is 474 g/mol. The van der Waals surface area contributed by atoms with E-state index in [2.05, 4.69) is 51.5 Å². The Labute approximate surface area is 182 Å². The van der Waals surface area contributed by atoms with Gasteiger partial charge in [-0.05, 0) is 49.2 Å². The molecule has 0 aliphatic rings. The third-order valence-corrected chi connectivity index (χ3v) is 6.31. The largest absolute Gasteiger partial charge is 0.493 e. The molecule has 29 heavy (non-hydrogen) atoms. The fourth-order valence-electron chi connectivity index (χ4n) is 3.12. The van der Waals surface area contributed by atoms with Crippen molar-refractivity contribution in [2.75, 3.05) is 14.2 Å². The van der Waals surface area contributed by atoms with Gasteiger partial charge in [-0.2, -0.15) is 4.99 Å². The molecule has 0 aliphatic heterocycles. The average molecular weight is 475 g/mol. The summed E-state index contributed by atoms with van der Waals surface area (Å²) in [5, 5.41) is 0. The number of ether oxygens (including phenoxy) is 2. The van der Waals surface area contributed by atoms with Crippen LogP contribution in [-0.2, 0) is 13.0 Å². The zero-order chi connectivity index (χ0) is 21.0. The first-order valence-corrected chi connectivity index (χ1v) is 10.9. The Balaban J connectivity index is 2.10. The number of thiazole rings is 1. The van der Waals surface area contributed by atoms with Crippen LogP contribution in [0.4, 0.5) is 0 Å². The van der Waals surface area contributed by atoms with Crippen molar-refractivity contribution in [3.8, 4) is 22.8 Å². The van der Waals surface area contributed by atoms with Gasteiger partial charge in [-0.15, -0.1) is 11.3 Å². The second-order valence-electron chi connectivity index (χ2n) is 6.25. The molecular formula is C22H23BrN2O3S. The van der Waals surface area contributed by atoms with E-state index in [1.54, 1.807) is 43.8 Å². The summed E-state index contributed by atoms with van der Waals surface area (Å²) in [5.74, 6) is 0.780. The van der Waals surface area contributed by atoms with Crippen LogP contribution in [0.15, 0.2) is 51.9 Å². The summed E-state index contributed by atoms with van der Waals surface area (Å²) in [4.78, 5) is 19.2. The first kappa shape index (κ1) is 21.3. The van der Waals surface area contributed by atoms with Crippen molar-refractivity contribution >= 4 is 33.2 Å². The topological polar surface area (TPSA) is 52.8 Å². The van der Waals surface area contributed by atoms with E-state index in [0.717, 1.165) is 28.7 Å². The Bertz CT molecular complexity index is 1080. The molecule has 1 heterocycles. The van der Waals surface area contributed by atoms with Gasteiger partial charge in [0.1, 0.15) is 0 Å². The summed E-state index contributed by atoms with van der Waals surface area (Å²) < 4.78 is 13.7. The van der Waals surface area contributed by atoms with Crippen LogP contribution in [-0.4, -0.2) is 24.7 Å². The molecule has 1 aromatic heterocycles. The predicted octanol–water partition coefficient (Wildman–Crippen LogP) is 5.32. The van der Waals surface area contributed by atoms with Gasteiger partial charge in [-0.25, -0.2) is 0 Å². The van der Waals surface area contributed by atoms with Gasteiger partial charge in [0, 0.05) is 21.5 Å². The van der Waals surface area contributed by atoms with Crippen molar-refractivity contribution in [2.45, 2.75) is 26.8 Å². The molecule has 0 saturated heterocycles. The van der Waals surface area contributed by atoms with Crippen molar-refractivity contribution in [1.29, 1.82) is 0 Å². The third kappa shape index (κ3) is 4.46. The molecule has 0 saturated carbocycles. The maximum Gasteiger partial charge on any atom is 0.279 e. The van der Waals surface area contributed by atoms with Gasteiger partial charge >= 0.3 is 0 Å². The van der Waals surface area contributed by atoms with E-state index in [1.807, 2.05) is 12.1 Å². The summed E-state index contributed by atoms with van der Waals surface area (Å²) in [6.45, 7) is 4.91. The lowest BCUT2D eigenvalue weighted by Gasteiger charge is -2.09. The summed E-state index contributed by atoms with van der Waals surface area (Å²) >= 11 is 5.05. The molecule has 0 N–H and O–H groups in total. The Morgan fingerprint density at radius 1 is 1.07 bits per heavy atom. The highest BCUT2D eigenvalue weighted by atomic mass is 79.9. The van der Waals surface area contributed by atoms with Gasteiger partial charge in [-0.1, -0.05) is 35.0 Å². The molecule has 0 spiro atoms. The van der Waals surface area contributed by atoms with Gasteiger partial charge in [-0.3, -0.25) is 4.79 Å². The first-order chi connectivity index (χ1) is 14.0. The lowest BCUT2D eigenvalue weighted by Crippen LogP contribution is -2.17. The summed E-state index contributed by atoms with van der Waals surface area (Å²) in [6.07, 6.45) is 0.871. The van der Waals surface area contributed by atoms with Crippen molar-refractivity contribution in [3.05, 3.63) is 62.2 Å². The van der Waals surface area contributed by atoms with E-state index in [4.69, 9.17) is 9.47 Å². The van der Waals surface area contributed by atoms with Crippen LogP contribution >= 0.6 is 27.3 Å². The maximum atomic E-state index is 12.9. The molecule has 3 rings (SSSR count). The molecule has 0 atom stereocenters. The van der Waals surface area contributed by atoms with Crippen molar-refractivity contribution in [2.24, 2.45) is 4.99 Å². The molecule has 5 nitrogen and oxygen atoms in total. The van der Waals surface area contributed by atoms with Crippen molar-refractivity contribution in [1.82, 2.24) is 4.57 Å². The number of carbonyl (C=O) groups excluding carboxylic acids is 1. The van der Waals surface area contributed by atoms with E-state index in [9.17, 15) is 4.79 Å². The van der Waals surface area contributed by atoms with Gasteiger partial charge in [0.25, 0.3) is 5.91 Å². The van der Waals surface area contributed by atoms with E-state index in [0.29, 0.717) is 21.9 Å². The summed E-state index contributed by atoms with van der Waals surface area (Å²) in [6, 6.07) is 13.3. The lowest BCUT2D eigenvalue weighted by atomic mass is 10.1. The number of benzene rings is 2. The number of methoxy groups -OCH3 is 2. The molecular weight excluding hydrogens is 452 g/mol. The van der Waals surface area contributed by atoms with Gasteiger partial charge < -0.3 is 14.0 Å². The average Bonchev–Trinajstić information content (AvgIpc) is 3.10. The van der Waals surface area contributed by atoms with Crippen LogP contribution in [0.25, 0.3) is 11.3 Å². The lowest BCUT2D eigenvalue weighted by molar-refractivity contribution is 0.0997. The number of carbonyl (C=O) groups is 1. The van der Waals surface area contributed by atoms with Crippen LogP contribution in [0, 0.1) is 0 Å². The zero-order valence-corrected chi connectivity index (χ0v) is 19.3. The highest BCUT2D eigenvalue weighted by Gasteiger charge is 2.16. The number of nitrogens with zero attached hydrogens (tertiary/aromatic N) is 2. The van der Waals surface area contributed by atoms with E-state index >= 15 is 0 Å². The van der Waals surface area contributed by atoms with Crippen LogP contribution < -0.4 is 14.3 Å². The number of aryl methyl sites for hydroxylation is 1. The number of amides is 1. The number of hydrogen-bond acceptors (Lipinski definition) is 4. The SMILES string of the molecule is CCc1sc(=NC(=O)c2ccc(OC)c(OC)c2)n(CC)c1-c1ccc(Br)cc1. The molecule has 0 bridgehead atoms. The Morgan fingerprint density at radius 3 is 2.34 bits per heavy atom. The highest BCUT2D eigenvalue weighted by Crippen LogP contribution is 2.29. The van der Waals surface area contributed by atoms with E-state index in [-0.39, 0.29) is 5.91 Å². The molecule has 1 amide bonds. The molecule has 7 heteroatoms. The Kier molecular flexibility index (Phi) is 6.92. The van der Waals surface area contributed by atoms with Crippen LogP contribution in [0.3, 0.4) is 0 Å². The molecule has 3 aromatic rings. The molecule has 0 fully saturated rings. The number of halogens is 1. The fourth-order valence-corrected chi connectivity index (χ4v) is 4.53. The molecule has 0 unspecified atom stereocenters. The quantitative estimate of drug-likeness (QED) is 0.485. The number of hydrogen-bond donors (Lipinski definition) is 0. The number of aromatic nitrogens is 1.